The molecule has 0 bridgehead atoms. The predicted octanol–water partition coefficient (Wildman–Crippen LogP) is 3.24. The summed E-state index contributed by atoms with van der Waals surface area (Å²) in [4.78, 5) is 0. The largest absolute Gasteiger partial charge is 0.0996 e. The third kappa shape index (κ3) is 1.12. The van der Waals surface area contributed by atoms with Gasteiger partial charge in [0.05, 0.1) is 0 Å². The lowest BCUT2D eigenvalue weighted by Crippen LogP contribution is -2.15. The fourth-order valence-corrected chi connectivity index (χ4v) is 1.64. The summed E-state index contributed by atoms with van der Waals surface area (Å²) < 4.78 is 0. The molecule has 0 N–H and O–H groups in total. The molecule has 58 valence electrons. The van der Waals surface area contributed by atoms with Crippen molar-refractivity contribution in [2.24, 2.45) is 17.3 Å². The van der Waals surface area contributed by atoms with Gasteiger partial charge in [-0.25, -0.2) is 0 Å². The van der Waals surface area contributed by atoms with E-state index in [9.17, 15) is 0 Å². The van der Waals surface area contributed by atoms with Crippen LogP contribution >= 0.6 is 0 Å². The summed E-state index contributed by atoms with van der Waals surface area (Å²) in [5.41, 5.74) is 1.72. The molecular formula is C10H18. The molecule has 0 nitrogen and oxygen atoms in total. The lowest BCUT2D eigenvalue weighted by molar-refractivity contribution is 0.364. The third-order valence-electron chi connectivity index (χ3n) is 3.14. The van der Waals surface area contributed by atoms with E-state index in [1.165, 1.54) is 12.0 Å². The maximum Gasteiger partial charge on any atom is -0.0119 e. The zero-order valence-electron chi connectivity index (χ0n) is 7.57. The Morgan fingerprint density at radius 1 is 1.50 bits per heavy atom. The normalized spacial score (nSPS) is 32.0. The summed E-state index contributed by atoms with van der Waals surface area (Å²) >= 11 is 0. The summed E-state index contributed by atoms with van der Waals surface area (Å²) in [5.74, 6) is 1.84. The molecule has 1 aliphatic rings. The third-order valence-corrected chi connectivity index (χ3v) is 3.14. The van der Waals surface area contributed by atoms with Crippen molar-refractivity contribution in [3.8, 4) is 0 Å². The van der Waals surface area contributed by atoms with Gasteiger partial charge in [0.15, 0.2) is 0 Å². The monoisotopic (exact) mass is 138 g/mol. The zero-order chi connectivity index (χ0) is 7.94. The van der Waals surface area contributed by atoms with E-state index < -0.39 is 0 Å². The van der Waals surface area contributed by atoms with Gasteiger partial charge in [-0.15, -0.1) is 0 Å². The van der Waals surface area contributed by atoms with Crippen LogP contribution in [-0.2, 0) is 0 Å². The van der Waals surface area contributed by atoms with Crippen molar-refractivity contribution >= 4 is 0 Å². The molecular weight excluding hydrogens is 120 g/mol. The van der Waals surface area contributed by atoms with Crippen LogP contribution in [0.15, 0.2) is 12.2 Å². The van der Waals surface area contributed by atoms with E-state index in [2.05, 4.69) is 34.3 Å². The summed E-state index contributed by atoms with van der Waals surface area (Å²) in [6, 6.07) is 0. The molecule has 2 atom stereocenters. The molecule has 0 saturated heterocycles. The lowest BCUT2D eigenvalue weighted by atomic mass is 9.80. The van der Waals surface area contributed by atoms with Gasteiger partial charge in [0.1, 0.15) is 0 Å². The van der Waals surface area contributed by atoms with E-state index in [-0.39, 0.29) is 0 Å². The van der Waals surface area contributed by atoms with Gasteiger partial charge < -0.3 is 0 Å². The summed E-state index contributed by atoms with van der Waals surface area (Å²) in [5, 5.41) is 0. The molecule has 10 heavy (non-hydrogen) atoms. The highest BCUT2D eigenvalue weighted by molar-refractivity contribution is 5.11. The van der Waals surface area contributed by atoms with Crippen molar-refractivity contribution in [1.82, 2.24) is 0 Å². The molecule has 0 aromatic rings. The van der Waals surface area contributed by atoms with Crippen LogP contribution in [0.4, 0.5) is 0 Å². The molecule has 1 aliphatic carbocycles. The van der Waals surface area contributed by atoms with Crippen molar-refractivity contribution in [1.29, 1.82) is 0 Å². The first-order valence-electron chi connectivity index (χ1n) is 4.12. The maximum atomic E-state index is 4.02. The molecule has 1 saturated carbocycles. The van der Waals surface area contributed by atoms with E-state index in [1.807, 2.05) is 0 Å². The molecule has 0 heterocycles. The molecule has 0 amide bonds. The Hall–Kier alpha value is -0.260. The first-order valence-corrected chi connectivity index (χ1v) is 4.12. The molecule has 0 heteroatoms. The smallest absolute Gasteiger partial charge is 0.0119 e. The minimum Gasteiger partial charge on any atom is -0.0996 e. The van der Waals surface area contributed by atoms with E-state index in [1.54, 1.807) is 0 Å². The van der Waals surface area contributed by atoms with Crippen molar-refractivity contribution < 1.29 is 0 Å². The lowest BCUT2D eigenvalue weighted by Gasteiger charge is -2.25. The fourth-order valence-electron chi connectivity index (χ4n) is 1.64. The van der Waals surface area contributed by atoms with Gasteiger partial charge in [-0.2, -0.15) is 0 Å². The molecule has 0 aromatic carbocycles. The van der Waals surface area contributed by atoms with Gasteiger partial charge in [-0.1, -0.05) is 32.9 Å². The topological polar surface area (TPSA) is 0 Å². The average Bonchev–Trinajstić information content (AvgIpc) is 2.46. The fraction of sp³-hybridized carbons (Fsp3) is 0.800. The number of hydrogen-bond donors (Lipinski definition) is 0. The first kappa shape index (κ1) is 7.84. The van der Waals surface area contributed by atoms with Crippen LogP contribution in [0, 0.1) is 17.3 Å². The quantitative estimate of drug-likeness (QED) is 0.514. The second-order valence-corrected chi connectivity index (χ2v) is 4.32. The Labute approximate surface area is 64.3 Å². The Morgan fingerprint density at radius 2 is 1.90 bits per heavy atom. The predicted molar refractivity (Wildman–Crippen MR) is 45.9 cm³/mol. The number of rotatable bonds is 2. The van der Waals surface area contributed by atoms with Crippen LogP contribution in [-0.4, -0.2) is 0 Å². The minimum absolute atomic E-state index is 0.388. The van der Waals surface area contributed by atoms with Crippen molar-refractivity contribution in [2.45, 2.75) is 34.1 Å². The van der Waals surface area contributed by atoms with Crippen LogP contribution in [0.5, 0.6) is 0 Å². The maximum absolute atomic E-state index is 4.02. The second kappa shape index (κ2) is 2.11. The van der Waals surface area contributed by atoms with E-state index in [4.69, 9.17) is 0 Å². The van der Waals surface area contributed by atoms with Gasteiger partial charge in [0.25, 0.3) is 0 Å². The van der Waals surface area contributed by atoms with E-state index in [0.717, 1.165) is 11.8 Å². The van der Waals surface area contributed by atoms with E-state index in [0.29, 0.717) is 5.41 Å². The standard InChI is InChI=1S/C10H18/c1-7(2)10(4,5)9-6-8(9)3/h8-9H,1,6H2,2-5H3. The summed E-state index contributed by atoms with van der Waals surface area (Å²) in [6.45, 7) is 13.1. The van der Waals surface area contributed by atoms with Gasteiger partial charge in [0, 0.05) is 0 Å². The van der Waals surface area contributed by atoms with Crippen molar-refractivity contribution in [3.05, 3.63) is 12.2 Å². The van der Waals surface area contributed by atoms with Crippen LogP contribution in [0.25, 0.3) is 0 Å². The van der Waals surface area contributed by atoms with Gasteiger partial charge in [0.2, 0.25) is 0 Å². The molecule has 1 fully saturated rings. The van der Waals surface area contributed by atoms with E-state index >= 15 is 0 Å². The SMILES string of the molecule is C=C(C)C(C)(C)C1CC1C. The Bertz CT molecular complexity index is 153. The van der Waals surface area contributed by atoms with Crippen molar-refractivity contribution in [3.63, 3.8) is 0 Å². The number of allylic oxidation sites excluding steroid dienone is 1. The highest BCUT2D eigenvalue weighted by atomic mass is 14.5. The Morgan fingerprint density at radius 3 is 2.00 bits per heavy atom. The highest BCUT2D eigenvalue weighted by Crippen LogP contribution is 2.53. The second-order valence-electron chi connectivity index (χ2n) is 4.32. The number of hydrogen-bond acceptors (Lipinski definition) is 0. The van der Waals surface area contributed by atoms with Gasteiger partial charge in [-0.05, 0) is 30.6 Å². The summed E-state index contributed by atoms with van der Waals surface area (Å²) in [6.07, 6.45) is 1.40. The van der Waals surface area contributed by atoms with Crippen molar-refractivity contribution in [2.75, 3.05) is 0 Å². The molecule has 0 radical (unpaired) electrons. The van der Waals surface area contributed by atoms with Crippen LogP contribution in [0.1, 0.15) is 34.1 Å². The Kier molecular flexibility index (Phi) is 1.66. The molecule has 1 rings (SSSR count). The zero-order valence-corrected chi connectivity index (χ0v) is 7.57. The molecule has 0 spiro atoms. The summed E-state index contributed by atoms with van der Waals surface area (Å²) in [7, 11) is 0. The van der Waals surface area contributed by atoms with Gasteiger partial charge in [-0.3, -0.25) is 0 Å². The highest BCUT2D eigenvalue weighted by Gasteiger charge is 2.44. The minimum atomic E-state index is 0.388. The average molecular weight is 138 g/mol. The molecule has 0 aromatic heterocycles. The molecule has 0 aliphatic heterocycles. The van der Waals surface area contributed by atoms with Crippen LogP contribution in [0.2, 0.25) is 0 Å². The molecule has 2 unspecified atom stereocenters. The Balaban J connectivity index is 2.60. The van der Waals surface area contributed by atoms with Crippen LogP contribution < -0.4 is 0 Å². The van der Waals surface area contributed by atoms with Gasteiger partial charge >= 0.3 is 0 Å². The first-order chi connectivity index (χ1) is 4.46. The van der Waals surface area contributed by atoms with Crippen LogP contribution in [0.3, 0.4) is 0 Å².